The van der Waals surface area contributed by atoms with Gasteiger partial charge in [-0.15, -0.1) is 0 Å². The van der Waals surface area contributed by atoms with Crippen molar-refractivity contribution < 1.29 is 4.79 Å². The molecule has 1 N–H and O–H groups in total. The lowest BCUT2D eigenvalue weighted by Crippen LogP contribution is -2.34. The highest BCUT2D eigenvalue weighted by Crippen LogP contribution is 2.21. The van der Waals surface area contributed by atoms with Crippen molar-refractivity contribution >= 4 is 34.2 Å². The number of amides is 1. The standard InChI is InChI=1S/C22H27N3OS/c1-17-11-12-20(15-18(17)2)23-21(26)16-27-22(25-13-7-4-8-14-25)24-19-9-5-3-6-10-19/h3,5-6,9-12,15H,4,7-8,13-14,16H2,1-2H3,(H,23,26). The van der Waals surface area contributed by atoms with E-state index in [1.165, 1.54) is 42.2 Å². The van der Waals surface area contributed by atoms with Crippen LogP contribution in [0, 0.1) is 13.8 Å². The van der Waals surface area contributed by atoms with Gasteiger partial charge in [-0.25, -0.2) is 4.99 Å². The molecular weight excluding hydrogens is 354 g/mol. The number of hydrogen-bond donors (Lipinski definition) is 1. The average molecular weight is 382 g/mol. The van der Waals surface area contributed by atoms with Crippen molar-refractivity contribution in [3.8, 4) is 0 Å². The summed E-state index contributed by atoms with van der Waals surface area (Å²) in [6.07, 6.45) is 3.64. The molecule has 142 valence electrons. The molecule has 4 nitrogen and oxygen atoms in total. The molecule has 0 unspecified atom stereocenters. The fourth-order valence-electron chi connectivity index (χ4n) is 3.04. The van der Waals surface area contributed by atoms with Gasteiger partial charge in [-0.05, 0) is 68.5 Å². The van der Waals surface area contributed by atoms with Crippen molar-refractivity contribution in [1.82, 2.24) is 4.90 Å². The van der Waals surface area contributed by atoms with E-state index in [4.69, 9.17) is 4.99 Å². The van der Waals surface area contributed by atoms with Crippen LogP contribution in [0.2, 0.25) is 0 Å². The average Bonchev–Trinajstić information content (AvgIpc) is 2.69. The number of amidine groups is 1. The van der Waals surface area contributed by atoms with Crippen molar-refractivity contribution in [2.24, 2.45) is 4.99 Å². The summed E-state index contributed by atoms with van der Waals surface area (Å²) in [6, 6.07) is 16.0. The third kappa shape index (κ3) is 5.86. The van der Waals surface area contributed by atoms with E-state index >= 15 is 0 Å². The SMILES string of the molecule is Cc1ccc(NC(=O)CSC(=Nc2ccccc2)N2CCCCC2)cc1C. The van der Waals surface area contributed by atoms with Crippen molar-refractivity contribution in [3.05, 3.63) is 59.7 Å². The third-order valence-electron chi connectivity index (χ3n) is 4.73. The number of nitrogens with zero attached hydrogens (tertiary/aromatic N) is 2. The zero-order valence-electron chi connectivity index (χ0n) is 16.1. The summed E-state index contributed by atoms with van der Waals surface area (Å²) in [4.78, 5) is 19.6. The minimum Gasteiger partial charge on any atom is -0.351 e. The quantitative estimate of drug-likeness (QED) is 0.588. The van der Waals surface area contributed by atoms with Crippen LogP contribution in [0.4, 0.5) is 11.4 Å². The summed E-state index contributed by atoms with van der Waals surface area (Å²) in [7, 11) is 0. The fraction of sp³-hybridized carbons (Fsp3) is 0.364. The number of carbonyl (C=O) groups is 1. The Morgan fingerprint density at radius 2 is 1.78 bits per heavy atom. The molecule has 0 aromatic heterocycles. The second kappa shape index (κ2) is 9.60. The van der Waals surface area contributed by atoms with Crippen molar-refractivity contribution in [1.29, 1.82) is 0 Å². The first kappa shape index (κ1) is 19.5. The lowest BCUT2D eigenvalue weighted by Gasteiger charge is -2.29. The molecule has 1 amide bonds. The number of aryl methyl sites for hydroxylation is 2. The molecule has 0 radical (unpaired) electrons. The molecule has 0 atom stereocenters. The van der Waals surface area contributed by atoms with Gasteiger partial charge in [-0.1, -0.05) is 36.0 Å². The number of thioether (sulfide) groups is 1. The summed E-state index contributed by atoms with van der Waals surface area (Å²) in [5, 5.41) is 3.94. The van der Waals surface area contributed by atoms with Gasteiger partial charge in [0.15, 0.2) is 5.17 Å². The fourth-order valence-corrected chi connectivity index (χ4v) is 3.91. The molecule has 2 aromatic carbocycles. The maximum Gasteiger partial charge on any atom is 0.234 e. The Morgan fingerprint density at radius 1 is 1.04 bits per heavy atom. The summed E-state index contributed by atoms with van der Waals surface area (Å²) in [6.45, 7) is 6.15. The van der Waals surface area contributed by atoms with Crippen LogP contribution in [0.1, 0.15) is 30.4 Å². The molecule has 0 saturated carbocycles. The highest BCUT2D eigenvalue weighted by Gasteiger charge is 2.17. The monoisotopic (exact) mass is 381 g/mol. The number of carbonyl (C=O) groups excluding carboxylic acids is 1. The maximum atomic E-state index is 12.4. The molecule has 27 heavy (non-hydrogen) atoms. The maximum absolute atomic E-state index is 12.4. The molecular formula is C22H27N3OS. The number of benzene rings is 2. The van der Waals surface area contributed by atoms with Gasteiger partial charge >= 0.3 is 0 Å². The van der Waals surface area contributed by atoms with Crippen LogP contribution in [-0.2, 0) is 4.79 Å². The first-order valence-electron chi connectivity index (χ1n) is 9.50. The van der Waals surface area contributed by atoms with Gasteiger partial charge in [0.2, 0.25) is 5.91 Å². The second-order valence-electron chi connectivity index (χ2n) is 6.91. The summed E-state index contributed by atoms with van der Waals surface area (Å²) in [5.74, 6) is 0.357. The highest BCUT2D eigenvalue weighted by molar-refractivity contribution is 8.14. The molecule has 0 aliphatic carbocycles. The Labute approximate surface area is 166 Å². The summed E-state index contributed by atoms with van der Waals surface area (Å²) >= 11 is 1.52. The first-order chi connectivity index (χ1) is 13.1. The van der Waals surface area contributed by atoms with Gasteiger partial charge in [-0.3, -0.25) is 4.79 Å². The van der Waals surface area contributed by atoms with Crippen LogP contribution in [0.25, 0.3) is 0 Å². The zero-order chi connectivity index (χ0) is 19.1. The van der Waals surface area contributed by atoms with Gasteiger partial charge in [0, 0.05) is 18.8 Å². The van der Waals surface area contributed by atoms with Crippen LogP contribution in [-0.4, -0.2) is 34.8 Å². The van der Waals surface area contributed by atoms with Crippen LogP contribution >= 0.6 is 11.8 Å². The minimum atomic E-state index is 0.000948. The highest BCUT2D eigenvalue weighted by atomic mass is 32.2. The molecule has 0 bridgehead atoms. The number of nitrogens with one attached hydrogen (secondary N) is 1. The Morgan fingerprint density at radius 3 is 2.48 bits per heavy atom. The molecule has 0 spiro atoms. The van der Waals surface area contributed by atoms with E-state index in [1.807, 2.05) is 48.5 Å². The van der Waals surface area contributed by atoms with Gasteiger partial charge in [-0.2, -0.15) is 0 Å². The molecule has 1 saturated heterocycles. The lowest BCUT2D eigenvalue weighted by atomic mass is 10.1. The van der Waals surface area contributed by atoms with E-state index in [-0.39, 0.29) is 5.91 Å². The van der Waals surface area contributed by atoms with Crippen LogP contribution < -0.4 is 5.32 Å². The van der Waals surface area contributed by atoms with Crippen molar-refractivity contribution in [3.63, 3.8) is 0 Å². The number of rotatable bonds is 4. The molecule has 1 aliphatic heterocycles. The van der Waals surface area contributed by atoms with Gasteiger partial charge in [0.05, 0.1) is 11.4 Å². The number of piperidine rings is 1. The smallest absolute Gasteiger partial charge is 0.234 e. The number of aliphatic imine (C=N–C) groups is 1. The Balaban J connectivity index is 1.65. The number of likely N-dealkylation sites (tertiary alicyclic amines) is 1. The topological polar surface area (TPSA) is 44.7 Å². The Hall–Kier alpha value is -2.27. The predicted molar refractivity (Wildman–Crippen MR) is 116 cm³/mol. The molecule has 5 heteroatoms. The lowest BCUT2D eigenvalue weighted by molar-refractivity contribution is -0.113. The van der Waals surface area contributed by atoms with E-state index in [2.05, 4.69) is 24.1 Å². The van der Waals surface area contributed by atoms with Gasteiger partial charge < -0.3 is 10.2 Å². The van der Waals surface area contributed by atoms with Crippen LogP contribution in [0.3, 0.4) is 0 Å². The van der Waals surface area contributed by atoms with E-state index < -0.39 is 0 Å². The van der Waals surface area contributed by atoms with Crippen molar-refractivity contribution in [2.45, 2.75) is 33.1 Å². The second-order valence-corrected chi connectivity index (χ2v) is 7.86. The van der Waals surface area contributed by atoms with E-state index in [9.17, 15) is 4.79 Å². The van der Waals surface area contributed by atoms with Crippen LogP contribution in [0.15, 0.2) is 53.5 Å². The number of hydrogen-bond acceptors (Lipinski definition) is 3. The predicted octanol–water partition coefficient (Wildman–Crippen LogP) is 5.15. The normalized spacial score (nSPS) is 14.9. The van der Waals surface area contributed by atoms with Gasteiger partial charge in [0.25, 0.3) is 0 Å². The third-order valence-corrected chi connectivity index (χ3v) is 5.74. The van der Waals surface area contributed by atoms with Gasteiger partial charge in [0.1, 0.15) is 0 Å². The molecule has 1 aliphatic rings. The molecule has 2 aromatic rings. The van der Waals surface area contributed by atoms with Crippen LogP contribution in [0.5, 0.6) is 0 Å². The van der Waals surface area contributed by atoms with Crippen molar-refractivity contribution in [2.75, 3.05) is 24.2 Å². The minimum absolute atomic E-state index is 0.000948. The number of anilines is 1. The first-order valence-corrected chi connectivity index (χ1v) is 10.5. The molecule has 1 heterocycles. The zero-order valence-corrected chi connectivity index (χ0v) is 16.9. The summed E-state index contributed by atoms with van der Waals surface area (Å²) in [5.41, 5.74) is 4.19. The molecule has 3 rings (SSSR count). The number of para-hydroxylation sites is 1. The van der Waals surface area contributed by atoms with E-state index in [0.29, 0.717) is 5.75 Å². The Kier molecular flexibility index (Phi) is 6.93. The van der Waals surface area contributed by atoms with E-state index in [0.717, 1.165) is 29.6 Å². The molecule has 1 fully saturated rings. The summed E-state index contributed by atoms with van der Waals surface area (Å²) < 4.78 is 0. The Bertz CT molecular complexity index is 798. The largest absolute Gasteiger partial charge is 0.351 e. The van der Waals surface area contributed by atoms with E-state index in [1.54, 1.807) is 0 Å².